The van der Waals surface area contributed by atoms with Crippen LogP contribution < -0.4 is 0 Å². The lowest BCUT2D eigenvalue weighted by Gasteiger charge is -2.32. The number of fused-ring (bicyclic) bond motifs is 1. The number of amides is 1. The molecule has 1 aromatic rings. The summed E-state index contributed by atoms with van der Waals surface area (Å²) in [5.74, 6) is 0.0695. The van der Waals surface area contributed by atoms with Crippen LogP contribution in [0.3, 0.4) is 0 Å². The fourth-order valence-electron chi connectivity index (χ4n) is 3.34. The van der Waals surface area contributed by atoms with Crippen molar-refractivity contribution in [1.82, 2.24) is 4.90 Å². The molecule has 1 saturated carbocycles. The molecule has 0 aromatic heterocycles. The fourth-order valence-corrected chi connectivity index (χ4v) is 3.54. The van der Waals surface area contributed by atoms with Crippen LogP contribution in [0.2, 0.25) is 5.02 Å². The van der Waals surface area contributed by atoms with E-state index in [1.165, 1.54) is 5.56 Å². The second-order valence-electron chi connectivity index (χ2n) is 6.09. The number of hydrogen-bond acceptors (Lipinski definition) is 2. The van der Waals surface area contributed by atoms with Crippen molar-refractivity contribution in [3.63, 3.8) is 0 Å². The summed E-state index contributed by atoms with van der Waals surface area (Å²) < 4.78 is 0. The summed E-state index contributed by atoms with van der Waals surface area (Å²) in [6.45, 7) is 1.36. The molecule has 1 amide bonds. The average Bonchev–Trinajstić information content (AvgIpc) is 2.84. The first kappa shape index (κ1) is 13.9. The largest absolute Gasteiger partial charge is 0.389 e. The summed E-state index contributed by atoms with van der Waals surface area (Å²) in [5.41, 5.74) is 1.65. The maximum Gasteiger partial charge on any atom is 0.225 e. The lowest BCUT2D eigenvalue weighted by molar-refractivity contribution is -0.137. The molecule has 0 spiro atoms. The van der Waals surface area contributed by atoms with Crippen molar-refractivity contribution in [2.24, 2.45) is 0 Å². The molecule has 0 atom stereocenters. The van der Waals surface area contributed by atoms with Gasteiger partial charge in [0.1, 0.15) is 0 Å². The number of nitrogens with zero attached hydrogens (tertiary/aromatic N) is 1. The monoisotopic (exact) mass is 293 g/mol. The van der Waals surface area contributed by atoms with Crippen molar-refractivity contribution in [2.75, 3.05) is 6.54 Å². The van der Waals surface area contributed by atoms with Crippen molar-refractivity contribution in [3.8, 4) is 0 Å². The highest BCUT2D eigenvalue weighted by molar-refractivity contribution is 6.30. The SMILES string of the molecule is O=C(CC1(O)CCCC1)N1CCc2ccc(Cl)cc2C1. The number of benzene rings is 1. The molecule has 3 rings (SSSR count). The first-order chi connectivity index (χ1) is 9.56. The van der Waals surface area contributed by atoms with E-state index in [1.807, 2.05) is 23.1 Å². The molecule has 20 heavy (non-hydrogen) atoms. The molecule has 0 bridgehead atoms. The highest BCUT2D eigenvalue weighted by atomic mass is 35.5. The lowest BCUT2D eigenvalue weighted by Crippen LogP contribution is -2.40. The van der Waals surface area contributed by atoms with Gasteiger partial charge in [0.25, 0.3) is 0 Å². The van der Waals surface area contributed by atoms with Gasteiger partial charge in [0.15, 0.2) is 0 Å². The van der Waals surface area contributed by atoms with Crippen molar-refractivity contribution in [1.29, 1.82) is 0 Å². The quantitative estimate of drug-likeness (QED) is 0.911. The Kier molecular flexibility index (Phi) is 3.74. The van der Waals surface area contributed by atoms with E-state index in [4.69, 9.17) is 11.6 Å². The second kappa shape index (κ2) is 5.38. The lowest BCUT2D eigenvalue weighted by atomic mass is 9.95. The molecule has 108 valence electrons. The molecule has 0 radical (unpaired) electrons. The van der Waals surface area contributed by atoms with Crippen LogP contribution in [0.15, 0.2) is 18.2 Å². The minimum Gasteiger partial charge on any atom is -0.389 e. The predicted molar refractivity (Wildman–Crippen MR) is 78.6 cm³/mol. The molecule has 1 fully saturated rings. The molecule has 4 heteroatoms. The molecule has 2 aliphatic rings. The maximum atomic E-state index is 12.4. The van der Waals surface area contributed by atoms with Crippen molar-refractivity contribution < 1.29 is 9.90 Å². The van der Waals surface area contributed by atoms with Gasteiger partial charge in [-0.2, -0.15) is 0 Å². The minimum absolute atomic E-state index is 0.0695. The summed E-state index contributed by atoms with van der Waals surface area (Å²) in [4.78, 5) is 14.2. The zero-order chi connectivity index (χ0) is 14.2. The van der Waals surface area contributed by atoms with Crippen LogP contribution in [0.25, 0.3) is 0 Å². The topological polar surface area (TPSA) is 40.5 Å². The van der Waals surface area contributed by atoms with Crippen molar-refractivity contribution in [3.05, 3.63) is 34.3 Å². The van der Waals surface area contributed by atoms with Crippen LogP contribution in [0, 0.1) is 0 Å². The van der Waals surface area contributed by atoms with Crippen LogP contribution in [0.1, 0.15) is 43.2 Å². The molecular formula is C16H20ClNO2. The summed E-state index contributed by atoms with van der Waals surface area (Å²) in [6.07, 6.45) is 4.72. The number of hydrogen-bond donors (Lipinski definition) is 1. The zero-order valence-electron chi connectivity index (χ0n) is 11.6. The van der Waals surface area contributed by atoms with E-state index in [2.05, 4.69) is 0 Å². The minimum atomic E-state index is -0.758. The number of rotatable bonds is 2. The number of carbonyl (C=O) groups is 1. The van der Waals surface area contributed by atoms with Crippen LogP contribution in [0.4, 0.5) is 0 Å². The Morgan fingerprint density at radius 3 is 2.80 bits per heavy atom. The molecule has 1 aliphatic carbocycles. The molecule has 1 N–H and O–H groups in total. The second-order valence-corrected chi connectivity index (χ2v) is 6.52. The van der Waals surface area contributed by atoms with Gasteiger partial charge in [0.2, 0.25) is 5.91 Å². The van der Waals surface area contributed by atoms with Gasteiger partial charge >= 0.3 is 0 Å². The van der Waals surface area contributed by atoms with Gasteiger partial charge in [0, 0.05) is 18.1 Å². The van der Waals surface area contributed by atoms with Crippen LogP contribution in [0.5, 0.6) is 0 Å². The van der Waals surface area contributed by atoms with E-state index >= 15 is 0 Å². The normalized spacial score (nSPS) is 20.8. The van der Waals surface area contributed by atoms with Crippen LogP contribution >= 0.6 is 11.6 Å². The van der Waals surface area contributed by atoms with E-state index in [0.29, 0.717) is 11.6 Å². The summed E-state index contributed by atoms with van der Waals surface area (Å²) in [7, 11) is 0. The Bertz CT molecular complexity index is 523. The molecule has 1 aromatic carbocycles. The van der Waals surface area contributed by atoms with Crippen molar-refractivity contribution >= 4 is 17.5 Å². The molecule has 0 saturated heterocycles. The van der Waals surface area contributed by atoms with Gasteiger partial charge in [-0.05, 0) is 42.5 Å². The standard InChI is InChI=1S/C16H20ClNO2/c17-14-4-3-12-5-8-18(11-13(12)9-14)15(19)10-16(20)6-1-2-7-16/h3-4,9,20H,1-2,5-8,10-11H2. The van der Waals surface area contributed by atoms with E-state index in [0.717, 1.165) is 44.2 Å². The zero-order valence-corrected chi connectivity index (χ0v) is 12.3. The van der Waals surface area contributed by atoms with E-state index in [9.17, 15) is 9.90 Å². The number of aliphatic hydroxyl groups is 1. The van der Waals surface area contributed by atoms with E-state index < -0.39 is 5.60 Å². The Morgan fingerprint density at radius 2 is 2.05 bits per heavy atom. The Labute approximate surface area is 124 Å². The van der Waals surface area contributed by atoms with E-state index in [1.54, 1.807) is 0 Å². The Morgan fingerprint density at radius 1 is 1.30 bits per heavy atom. The smallest absolute Gasteiger partial charge is 0.225 e. The molecule has 3 nitrogen and oxygen atoms in total. The molecule has 1 heterocycles. The summed E-state index contributed by atoms with van der Waals surface area (Å²) in [5, 5.41) is 11.1. The third kappa shape index (κ3) is 2.84. The highest BCUT2D eigenvalue weighted by Crippen LogP contribution is 2.33. The average molecular weight is 294 g/mol. The molecular weight excluding hydrogens is 274 g/mol. The number of carbonyl (C=O) groups excluding carboxylic acids is 1. The first-order valence-corrected chi connectivity index (χ1v) is 7.71. The van der Waals surface area contributed by atoms with Crippen LogP contribution in [-0.2, 0) is 17.8 Å². The highest BCUT2D eigenvalue weighted by Gasteiger charge is 2.35. The van der Waals surface area contributed by atoms with Gasteiger partial charge in [-0.15, -0.1) is 0 Å². The predicted octanol–water partition coefficient (Wildman–Crippen LogP) is 2.92. The fraction of sp³-hybridized carbons (Fsp3) is 0.562. The third-order valence-electron chi connectivity index (χ3n) is 4.55. The summed E-state index contributed by atoms with van der Waals surface area (Å²) in [6, 6.07) is 5.89. The Hall–Kier alpha value is -1.06. The van der Waals surface area contributed by atoms with Crippen molar-refractivity contribution in [2.45, 2.75) is 50.7 Å². The molecule has 1 aliphatic heterocycles. The first-order valence-electron chi connectivity index (χ1n) is 7.33. The van der Waals surface area contributed by atoms with E-state index in [-0.39, 0.29) is 12.3 Å². The van der Waals surface area contributed by atoms with Gasteiger partial charge in [-0.25, -0.2) is 0 Å². The third-order valence-corrected chi connectivity index (χ3v) is 4.78. The van der Waals surface area contributed by atoms with Gasteiger partial charge in [0.05, 0.1) is 12.0 Å². The van der Waals surface area contributed by atoms with Gasteiger partial charge in [-0.1, -0.05) is 30.5 Å². The Balaban J connectivity index is 1.68. The van der Waals surface area contributed by atoms with Crippen LogP contribution in [-0.4, -0.2) is 28.1 Å². The molecule has 0 unspecified atom stereocenters. The summed E-state index contributed by atoms with van der Waals surface area (Å²) >= 11 is 6.02. The maximum absolute atomic E-state index is 12.4. The van der Waals surface area contributed by atoms with Gasteiger partial charge < -0.3 is 10.0 Å². The van der Waals surface area contributed by atoms with Gasteiger partial charge in [-0.3, -0.25) is 4.79 Å². The number of halogens is 1.